The fourth-order valence-electron chi connectivity index (χ4n) is 4.96. The minimum absolute atomic E-state index is 0.0476. The number of hydrogen-bond acceptors (Lipinski definition) is 3. The first-order valence-corrected chi connectivity index (χ1v) is 10.6. The Hall–Kier alpha value is -2.37. The van der Waals surface area contributed by atoms with E-state index >= 15 is 0 Å². The van der Waals surface area contributed by atoms with Gasteiger partial charge in [0.2, 0.25) is 5.91 Å². The summed E-state index contributed by atoms with van der Waals surface area (Å²) in [7, 11) is 0. The summed E-state index contributed by atoms with van der Waals surface area (Å²) in [6.07, 6.45) is 9.51. The van der Waals surface area contributed by atoms with Crippen molar-refractivity contribution in [2.75, 3.05) is 6.54 Å². The van der Waals surface area contributed by atoms with Crippen LogP contribution in [0.2, 0.25) is 0 Å². The highest BCUT2D eigenvalue weighted by Crippen LogP contribution is 2.32. The molecule has 150 valence electrons. The van der Waals surface area contributed by atoms with Crippen molar-refractivity contribution >= 4 is 17.8 Å². The summed E-state index contributed by atoms with van der Waals surface area (Å²) in [5.74, 6) is -0.494. The second-order valence-corrected chi connectivity index (χ2v) is 8.38. The molecule has 2 N–H and O–H groups in total. The number of imide groups is 1. The molecular formula is C22H29N3O3. The van der Waals surface area contributed by atoms with Crippen molar-refractivity contribution in [3.05, 3.63) is 35.4 Å². The first-order chi connectivity index (χ1) is 13.6. The summed E-state index contributed by atoms with van der Waals surface area (Å²) < 4.78 is 0. The Morgan fingerprint density at radius 2 is 1.79 bits per heavy atom. The van der Waals surface area contributed by atoms with E-state index in [4.69, 9.17) is 0 Å². The van der Waals surface area contributed by atoms with E-state index in [1.807, 2.05) is 12.1 Å². The van der Waals surface area contributed by atoms with Crippen LogP contribution in [0.1, 0.15) is 75.0 Å². The molecule has 0 radical (unpaired) electrons. The zero-order valence-electron chi connectivity index (χ0n) is 16.3. The summed E-state index contributed by atoms with van der Waals surface area (Å²) in [4.78, 5) is 39.3. The Bertz CT molecular complexity index is 768. The highest BCUT2D eigenvalue weighted by Gasteiger charge is 2.50. The molecule has 1 heterocycles. The van der Waals surface area contributed by atoms with Gasteiger partial charge in [0.05, 0.1) is 6.04 Å². The molecule has 1 aromatic rings. The Morgan fingerprint density at radius 3 is 2.57 bits per heavy atom. The lowest BCUT2D eigenvalue weighted by Gasteiger charge is -2.29. The van der Waals surface area contributed by atoms with Gasteiger partial charge in [0.15, 0.2) is 0 Å². The number of aryl methyl sites for hydroxylation is 1. The predicted molar refractivity (Wildman–Crippen MR) is 106 cm³/mol. The van der Waals surface area contributed by atoms with Gasteiger partial charge in [-0.25, -0.2) is 4.79 Å². The van der Waals surface area contributed by atoms with E-state index in [1.54, 1.807) is 0 Å². The van der Waals surface area contributed by atoms with Gasteiger partial charge < -0.3 is 10.6 Å². The van der Waals surface area contributed by atoms with Gasteiger partial charge in [-0.1, -0.05) is 56.4 Å². The highest BCUT2D eigenvalue weighted by atomic mass is 16.2. The smallest absolute Gasteiger partial charge is 0.325 e. The first-order valence-electron chi connectivity index (χ1n) is 10.6. The van der Waals surface area contributed by atoms with E-state index in [0.29, 0.717) is 12.8 Å². The molecular weight excluding hydrogens is 354 g/mol. The second kappa shape index (κ2) is 7.94. The molecule has 2 fully saturated rings. The number of carbonyl (C=O) groups excluding carboxylic acids is 3. The number of benzene rings is 1. The molecule has 6 heteroatoms. The Kier molecular flexibility index (Phi) is 5.38. The van der Waals surface area contributed by atoms with E-state index in [9.17, 15) is 14.4 Å². The molecule has 1 spiro atoms. The standard InChI is InChI=1S/C22H29N3O3/c26-19(23-18-12-8-10-16-9-4-5-11-17(16)18)15-25-20(27)22(24-21(25)28)13-6-2-1-3-7-14-22/h4-5,9,11,18H,1-3,6-8,10,12-15H2,(H,23,26)(H,24,28)/t18-/m1/s1. The monoisotopic (exact) mass is 383 g/mol. The van der Waals surface area contributed by atoms with Crippen LogP contribution in [0.3, 0.4) is 0 Å². The molecule has 1 saturated carbocycles. The summed E-state index contributed by atoms with van der Waals surface area (Å²) in [5.41, 5.74) is 1.62. The van der Waals surface area contributed by atoms with Crippen molar-refractivity contribution < 1.29 is 14.4 Å². The number of nitrogens with one attached hydrogen (secondary N) is 2. The highest BCUT2D eigenvalue weighted by molar-refractivity contribution is 6.09. The molecule has 0 unspecified atom stereocenters. The van der Waals surface area contributed by atoms with Crippen molar-refractivity contribution in [1.82, 2.24) is 15.5 Å². The molecule has 1 atom stereocenters. The molecule has 1 aliphatic heterocycles. The predicted octanol–water partition coefficient (Wildman–Crippen LogP) is 3.22. The number of rotatable bonds is 3. The van der Waals surface area contributed by atoms with Gasteiger partial charge >= 0.3 is 6.03 Å². The van der Waals surface area contributed by atoms with Crippen LogP contribution in [0.15, 0.2) is 24.3 Å². The number of fused-ring (bicyclic) bond motifs is 1. The average Bonchev–Trinajstić information content (AvgIpc) is 2.90. The van der Waals surface area contributed by atoms with Crippen molar-refractivity contribution in [3.8, 4) is 0 Å². The van der Waals surface area contributed by atoms with Crippen LogP contribution in [-0.2, 0) is 16.0 Å². The minimum Gasteiger partial charge on any atom is -0.348 e. The lowest BCUT2D eigenvalue weighted by molar-refractivity contribution is -0.135. The van der Waals surface area contributed by atoms with Crippen LogP contribution in [0.4, 0.5) is 4.79 Å². The zero-order valence-corrected chi connectivity index (χ0v) is 16.3. The molecule has 28 heavy (non-hydrogen) atoms. The zero-order chi connectivity index (χ0) is 19.6. The van der Waals surface area contributed by atoms with E-state index in [-0.39, 0.29) is 24.4 Å². The van der Waals surface area contributed by atoms with Gasteiger partial charge in [0, 0.05) is 0 Å². The van der Waals surface area contributed by atoms with Gasteiger partial charge in [0.1, 0.15) is 12.1 Å². The van der Waals surface area contributed by atoms with Crippen molar-refractivity contribution in [2.45, 2.75) is 75.8 Å². The van der Waals surface area contributed by atoms with E-state index in [2.05, 4.69) is 22.8 Å². The van der Waals surface area contributed by atoms with Gasteiger partial charge in [0.25, 0.3) is 5.91 Å². The summed E-state index contributed by atoms with van der Waals surface area (Å²) in [6, 6.07) is 7.68. The van der Waals surface area contributed by atoms with E-state index < -0.39 is 11.6 Å². The lowest BCUT2D eigenvalue weighted by atomic mass is 9.84. The first kappa shape index (κ1) is 19.0. The van der Waals surface area contributed by atoms with Crippen LogP contribution in [0.5, 0.6) is 0 Å². The Morgan fingerprint density at radius 1 is 1.07 bits per heavy atom. The van der Waals surface area contributed by atoms with Crippen LogP contribution < -0.4 is 10.6 Å². The number of amides is 4. The van der Waals surface area contributed by atoms with Gasteiger partial charge in [-0.3, -0.25) is 14.5 Å². The lowest BCUT2D eigenvalue weighted by Crippen LogP contribution is -2.48. The summed E-state index contributed by atoms with van der Waals surface area (Å²) >= 11 is 0. The van der Waals surface area contributed by atoms with Crippen LogP contribution in [0, 0.1) is 0 Å². The molecule has 6 nitrogen and oxygen atoms in total. The molecule has 2 aliphatic carbocycles. The third-order valence-electron chi connectivity index (χ3n) is 6.46. The third kappa shape index (κ3) is 3.64. The largest absolute Gasteiger partial charge is 0.348 e. The minimum atomic E-state index is -0.796. The third-order valence-corrected chi connectivity index (χ3v) is 6.46. The van der Waals surface area contributed by atoms with Gasteiger partial charge in [-0.15, -0.1) is 0 Å². The Labute approximate surface area is 166 Å². The molecule has 4 amide bonds. The van der Waals surface area contributed by atoms with E-state index in [1.165, 1.54) is 12.0 Å². The topological polar surface area (TPSA) is 78.5 Å². The maximum atomic E-state index is 13.0. The van der Waals surface area contributed by atoms with Crippen LogP contribution >= 0.6 is 0 Å². The fourth-order valence-corrected chi connectivity index (χ4v) is 4.96. The molecule has 0 aromatic heterocycles. The van der Waals surface area contributed by atoms with Crippen LogP contribution in [-0.4, -0.2) is 34.8 Å². The average molecular weight is 383 g/mol. The number of nitrogens with zero attached hydrogens (tertiary/aromatic N) is 1. The molecule has 1 saturated heterocycles. The van der Waals surface area contributed by atoms with Crippen molar-refractivity contribution in [2.24, 2.45) is 0 Å². The van der Waals surface area contributed by atoms with Gasteiger partial charge in [-0.05, 0) is 43.2 Å². The number of carbonyl (C=O) groups is 3. The Balaban J connectivity index is 1.42. The normalized spacial score (nSPS) is 24.3. The van der Waals surface area contributed by atoms with Gasteiger partial charge in [-0.2, -0.15) is 0 Å². The van der Waals surface area contributed by atoms with Crippen molar-refractivity contribution in [1.29, 1.82) is 0 Å². The summed E-state index contributed by atoms with van der Waals surface area (Å²) in [5, 5.41) is 5.96. The van der Waals surface area contributed by atoms with Crippen LogP contribution in [0.25, 0.3) is 0 Å². The van der Waals surface area contributed by atoms with Crippen molar-refractivity contribution in [3.63, 3.8) is 0 Å². The van der Waals surface area contributed by atoms with E-state index in [0.717, 1.165) is 55.4 Å². The maximum Gasteiger partial charge on any atom is 0.325 e. The maximum absolute atomic E-state index is 13.0. The molecule has 3 aliphatic rings. The summed E-state index contributed by atoms with van der Waals surface area (Å²) in [6.45, 7) is -0.203. The number of urea groups is 1. The molecule has 0 bridgehead atoms. The second-order valence-electron chi connectivity index (χ2n) is 8.38. The number of hydrogen-bond donors (Lipinski definition) is 2. The fraction of sp³-hybridized carbons (Fsp3) is 0.591. The SMILES string of the molecule is O=C(CN1C(=O)NC2(CCCCCCC2)C1=O)N[C@@H]1CCCc2ccccc21. The molecule has 4 rings (SSSR count). The quantitative estimate of drug-likeness (QED) is 0.787. The molecule has 1 aromatic carbocycles.